The van der Waals surface area contributed by atoms with Gasteiger partial charge in [-0.05, 0) is 42.5 Å². The fourth-order valence-corrected chi connectivity index (χ4v) is 3.17. The van der Waals surface area contributed by atoms with E-state index >= 15 is 0 Å². The molecule has 1 aliphatic rings. The van der Waals surface area contributed by atoms with Crippen LogP contribution in [0, 0.1) is 0 Å². The quantitative estimate of drug-likeness (QED) is 0.818. The lowest BCUT2D eigenvalue weighted by Crippen LogP contribution is -2.42. The molecule has 0 bridgehead atoms. The topological polar surface area (TPSA) is 41.1 Å². The molecule has 0 saturated heterocycles. The number of amides is 2. The zero-order chi connectivity index (χ0) is 16.3. The summed E-state index contributed by atoms with van der Waals surface area (Å²) in [5.41, 5.74) is 1.94. The van der Waals surface area contributed by atoms with Crippen LogP contribution in [0.4, 0.5) is 4.79 Å². The van der Waals surface area contributed by atoms with E-state index in [1.54, 1.807) is 12.1 Å². The molecule has 0 unspecified atom stereocenters. The highest BCUT2D eigenvalue weighted by atomic mass is 35.5. The van der Waals surface area contributed by atoms with Crippen molar-refractivity contribution in [2.75, 3.05) is 6.54 Å². The van der Waals surface area contributed by atoms with Crippen LogP contribution in [0.2, 0.25) is 10.0 Å². The first kappa shape index (κ1) is 16.2. The molecular formula is C18H18Cl2N2O. The standard InChI is InChI=1S/C18H18Cl2N2O/c19-15-7-6-13(16(20)12-15)8-11-21-17(23)22-18(9-10-18)14-4-2-1-3-5-14/h1-7,12H,8-11H2,(H2,21,22,23). The van der Waals surface area contributed by atoms with Gasteiger partial charge in [-0.3, -0.25) is 0 Å². The summed E-state index contributed by atoms with van der Waals surface area (Å²) in [4.78, 5) is 12.1. The minimum atomic E-state index is -0.191. The molecule has 1 aliphatic carbocycles. The molecule has 5 heteroatoms. The molecule has 2 aromatic carbocycles. The van der Waals surface area contributed by atoms with Crippen molar-refractivity contribution in [2.45, 2.75) is 24.8 Å². The van der Waals surface area contributed by atoms with Crippen molar-refractivity contribution in [3.8, 4) is 0 Å². The Morgan fingerprint density at radius 1 is 1.09 bits per heavy atom. The number of nitrogens with one attached hydrogen (secondary N) is 2. The summed E-state index contributed by atoms with van der Waals surface area (Å²) in [6.07, 6.45) is 2.63. The fraction of sp³-hybridized carbons (Fsp3) is 0.278. The minimum Gasteiger partial charge on any atom is -0.338 e. The lowest BCUT2D eigenvalue weighted by Gasteiger charge is -2.18. The third-order valence-corrected chi connectivity index (χ3v) is 4.71. The van der Waals surface area contributed by atoms with Gasteiger partial charge in [0.2, 0.25) is 0 Å². The molecule has 2 amide bonds. The Morgan fingerprint density at radius 3 is 2.48 bits per heavy atom. The number of halogens is 2. The molecule has 23 heavy (non-hydrogen) atoms. The summed E-state index contributed by atoms with van der Waals surface area (Å²) in [7, 11) is 0. The number of hydrogen-bond acceptors (Lipinski definition) is 1. The van der Waals surface area contributed by atoms with E-state index in [2.05, 4.69) is 22.8 Å². The van der Waals surface area contributed by atoms with E-state index in [0.717, 1.165) is 24.0 Å². The van der Waals surface area contributed by atoms with Gasteiger partial charge >= 0.3 is 6.03 Å². The highest BCUT2D eigenvalue weighted by Crippen LogP contribution is 2.45. The molecule has 0 spiro atoms. The number of carbonyl (C=O) groups is 1. The monoisotopic (exact) mass is 348 g/mol. The van der Waals surface area contributed by atoms with Crippen LogP contribution in [0.25, 0.3) is 0 Å². The smallest absolute Gasteiger partial charge is 0.315 e. The lowest BCUT2D eigenvalue weighted by molar-refractivity contribution is 0.236. The lowest BCUT2D eigenvalue weighted by atomic mass is 10.1. The van der Waals surface area contributed by atoms with Gasteiger partial charge in [-0.25, -0.2) is 4.79 Å². The normalized spacial score (nSPS) is 15.0. The maximum Gasteiger partial charge on any atom is 0.315 e. The van der Waals surface area contributed by atoms with Gasteiger partial charge in [-0.2, -0.15) is 0 Å². The van der Waals surface area contributed by atoms with Crippen molar-refractivity contribution >= 4 is 29.2 Å². The van der Waals surface area contributed by atoms with Crippen LogP contribution < -0.4 is 10.6 Å². The summed E-state index contributed by atoms with van der Waals surface area (Å²) >= 11 is 12.0. The van der Waals surface area contributed by atoms with Gasteiger partial charge in [0.1, 0.15) is 0 Å². The molecule has 2 N–H and O–H groups in total. The van der Waals surface area contributed by atoms with E-state index < -0.39 is 0 Å². The Bertz CT molecular complexity index is 699. The summed E-state index contributed by atoms with van der Waals surface area (Å²) in [6, 6.07) is 15.4. The number of carbonyl (C=O) groups excluding carboxylic acids is 1. The van der Waals surface area contributed by atoms with Crippen molar-refractivity contribution in [3.63, 3.8) is 0 Å². The molecular weight excluding hydrogens is 331 g/mol. The number of urea groups is 1. The summed E-state index contributed by atoms with van der Waals surface area (Å²) in [5.74, 6) is 0. The summed E-state index contributed by atoms with van der Waals surface area (Å²) < 4.78 is 0. The molecule has 0 aromatic heterocycles. The van der Waals surface area contributed by atoms with Crippen LogP contribution in [-0.2, 0) is 12.0 Å². The summed E-state index contributed by atoms with van der Waals surface area (Å²) in [6.45, 7) is 0.526. The second-order valence-electron chi connectivity index (χ2n) is 5.81. The molecule has 2 aromatic rings. The fourth-order valence-electron chi connectivity index (χ4n) is 2.66. The first-order chi connectivity index (χ1) is 11.1. The molecule has 0 aliphatic heterocycles. The van der Waals surface area contributed by atoms with Crippen molar-refractivity contribution in [1.82, 2.24) is 10.6 Å². The van der Waals surface area contributed by atoms with Gasteiger partial charge in [0.05, 0.1) is 5.54 Å². The molecule has 3 rings (SSSR count). The van der Waals surface area contributed by atoms with E-state index in [1.165, 1.54) is 0 Å². The van der Waals surface area contributed by atoms with E-state index in [9.17, 15) is 4.79 Å². The first-order valence-electron chi connectivity index (χ1n) is 7.65. The molecule has 1 fully saturated rings. The van der Waals surface area contributed by atoms with E-state index in [0.29, 0.717) is 23.0 Å². The Balaban J connectivity index is 1.51. The Hall–Kier alpha value is -1.71. The Morgan fingerprint density at radius 2 is 1.83 bits per heavy atom. The predicted octanol–water partition coefficient (Wildman–Crippen LogP) is 4.52. The van der Waals surface area contributed by atoms with Gasteiger partial charge < -0.3 is 10.6 Å². The molecule has 1 saturated carbocycles. The maximum absolute atomic E-state index is 12.1. The zero-order valence-electron chi connectivity index (χ0n) is 12.6. The summed E-state index contributed by atoms with van der Waals surface area (Å²) in [5, 5.41) is 7.23. The number of benzene rings is 2. The number of rotatable bonds is 5. The number of hydrogen-bond donors (Lipinski definition) is 2. The third-order valence-electron chi connectivity index (χ3n) is 4.12. The predicted molar refractivity (Wildman–Crippen MR) is 94.1 cm³/mol. The van der Waals surface area contributed by atoms with E-state index in [-0.39, 0.29) is 11.6 Å². The van der Waals surface area contributed by atoms with Crippen LogP contribution >= 0.6 is 23.2 Å². The van der Waals surface area contributed by atoms with Gasteiger partial charge in [0.15, 0.2) is 0 Å². The van der Waals surface area contributed by atoms with E-state index in [1.807, 2.05) is 24.3 Å². The van der Waals surface area contributed by atoms with Crippen LogP contribution in [-0.4, -0.2) is 12.6 Å². The van der Waals surface area contributed by atoms with Gasteiger partial charge in [-0.15, -0.1) is 0 Å². The molecule has 0 heterocycles. The second kappa shape index (κ2) is 6.81. The van der Waals surface area contributed by atoms with Gasteiger partial charge in [-0.1, -0.05) is 59.6 Å². The molecule has 120 valence electrons. The second-order valence-corrected chi connectivity index (χ2v) is 6.66. The van der Waals surface area contributed by atoms with Crippen LogP contribution in [0.15, 0.2) is 48.5 Å². The Kier molecular flexibility index (Phi) is 4.79. The van der Waals surface area contributed by atoms with Crippen molar-refractivity contribution in [1.29, 1.82) is 0 Å². The van der Waals surface area contributed by atoms with E-state index in [4.69, 9.17) is 23.2 Å². The molecule has 0 atom stereocenters. The van der Waals surface area contributed by atoms with Gasteiger partial charge in [0, 0.05) is 16.6 Å². The van der Waals surface area contributed by atoms with Crippen LogP contribution in [0.5, 0.6) is 0 Å². The highest BCUT2D eigenvalue weighted by Gasteiger charge is 2.45. The minimum absolute atomic E-state index is 0.142. The van der Waals surface area contributed by atoms with Crippen molar-refractivity contribution in [3.05, 3.63) is 69.7 Å². The Labute approximate surface area is 146 Å². The molecule has 3 nitrogen and oxygen atoms in total. The largest absolute Gasteiger partial charge is 0.338 e. The van der Waals surface area contributed by atoms with Crippen molar-refractivity contribution < 1.29 is 4.79 Å². The highest BCUT2D eigenvalue weighted by molar-refractivity contribution is 6.35. The first-order valence-corrected chi connectivity index (χ1v) is 8.40. The average molecular weight is 349 g/mol. The third kappa shape index (κ3) is 3.98. The molecule has 0 radical (unpaired) electrons. The zero-order valence-corrected chi connectivity index (χ0v) is 14.1. The SMILES string of the molecule is O=C(NCCc1ccc(Cl)cc1Cl)NC1(c2ccccc2)CC1. The average Bonchev–Trinajstić information content (AvgIpc) is 3.31. The van der Waals surface area contributed by atoms with Crippen LogP contribution in [0.1, 0.15) is 24.0 Å². The maximum atomic E-state index is 12.1. The van der Waals surface area contributed by atoms with Gasteiger partial charge in [0.25, 0.3) is 0 Å². The van der Waals surface area contributed by atoms with Crippen LogP contribution in [0.3, 0.4) is 0 Å². The van der Waals surface area contributed by atoms with Crippen molar-refractivity contribution in [2.24, 2.45) is 0 Å².